The van der Waals surface area contributed by atoms with E-state index in [1.165, 1.54) is 6.92 Å². The number of anilines is 4. The highest BCUT2D eigenvalue weighted by Crippen LogP contribution is 2.24. The molecule has 0 aliphatic rings. The van der Waals surface area contributed by atoms with E-state index in [9.17, 15) is 4.79 Å². The Morgan fingerprint density at radius 2 is 1.85 bits per heavy atom. The number of hydrogen-bond acceptors (Lipinski definition) is 6. The fraction of sp³-hybridized carbons (Fsp3) is 0.333. The molecule has 8 heteroatoms. The Bertz CT molecular complexity index is 925. The van der Waals surface area contributed by atoms with E-state index in [0.29, 0.717) is 17.4 Å². The summed E-state index contributed by atoms with van der Waals surface area (Å²) in [7, 11) is 1.74. The van der Waals surface area contributed by atoms with Crippen LogP contribution in [0, 0.1) is 0 Å². The van der Waals surface area contributed by atoms with Crippen LogP contribution < -0.4 is 15.5 Å². The molecule has 136 valence electrons. The molecule has 0 atom stereocenters. The van der Waals surface area contributed by atoms with Crippen molar-refractivity contribution in [2.24, 2.45) is 0 Å². The molecule has 0 aliphatic carbocycles. The Hall–Kier alpha value is -3.16. The van der Waals surface area contributed by atoms with E-state index in [4.69, 9.17) is 0 Å². The number of rotatable bonds is 4. The Kier molecular flexibility index (Phi) is 4.50. The van der Waals surface area contributed by atoms with Crippen molar-refractivity contribution in [1.82, 2.24) is 19.9 Å². The van der Waals surface area contributed by atoms with E-state index in [0.717, 1.165) is 16.9 Å². The highest BCUT2D eigenvalue weighted by molar-refractivity contribution is 5.91. The second-order valence-corrected chi connectivity index (χ2v) is 7.12. The van der Waals surface area contributed by atoms with Crippen LogP contribution in [0.5, 0.6) is 0 Å². The van der Waals surface area contributed by atoms with E-state index in [2.05, 4.69) is 51.3 Å². The van der Waals surface area contributed by atoms with Crippen LogP contribution in [0.15, 0.2) is 30.6 Å². The molecule has 0 saturated carbocycles. The fourth-order valence-corrected chi connectivity index (χ4v) is 2.41. The molecule has 3 rings (SSSR count). The monoisotopic (exact) mass is 353 g/mol. The Balaban J connectivity index is 1.88. The van der Waals surface area contributed by atoms with Gasteiger partial charge in [0.25, 0.3) is 0 Å². The van der Waals surface area contributed by atoms with Crippen LogP contribution in [-0.4, -0.2) is 38.4 Å². The number of carbonyl (C=O) groups is 1. The van der Waals surface area contributed by atoms with Gasteiger partial charge in [-0.3, -0.25) is 4.79 Å². The van der Waals surface area contributed by atoms with Crippen molar-refractivity contribution >= 4 is 40.2 Å². The van der Waals surface area contributed by atoms with E-state index < -0.39 is 0 Å². The predicted molar refractivity (Wildman–Crippen MR) is 104 cm³/mol. The molecule has 0 aliphatic heterocycles. The fourth-order valence-electron chi connectivity index (χ4n) is 2.41. The summed E-state index contributed by atoms with van der Waals surface area (Å²) in [6.45, 7) is 7.72. The van der Waals surface area contributed by atoms with Crippen molar-refractivity contribution < 1.29 is 4.79 Å². The minimum Gasteiger partial charge on any atom is -0.364 e. The maximum absolute atomic E-state index is 11.4. The van der Waals surface area contributed by atoms with Gasteiger partial charge in [-0.2, -0.15) is 9.97 Å². The molecule has 26 heavy (non-hydrogen) atoms. The lowest BCUT2D eigenvalue weighted by molar-refractivity contribution is -0.116. The number of amides is 1. The molecule has 0 unspecified atom stereocenters. The lowest BCUT2D eigenvalue weighted by Gasteiger charge is -2.21. The van der Waals surface area contributed by atoms with Gasteiger partial charge in [-0.05, 0) is 45.0 Å². The SMILES string of the molecule is CC(=O)N(C)c1ccc(Nc2nc(NC(C)(C)C)c3[nH]cnc3n2)cc1. The van der Waals surface area contributed by atoms with E-state index in [1.54, 1.807) is 18.3 Å². The summed E-state index contributed by atoms with van der Waals surface area (Å²) in [5.74, 6) is 1.12. The molecule has 0 radical (unpaired) electrons. The molecule has 2 aromatic heterocycles. The summed E-state index contributed by atoms with van der Waals surface area (Å²) in [4.78, 5) is 29.3. The molecular formula is C18H23N7O. The topological polar surface area (TPSA) is 98.8 Å². The summed E-state index contributed by atoms with van der Waals surface area (Å²) in [6.07, 6.45) is 1.60. The third-order valence-electron chi connectivity index (χ3n) is 3.76. The summed E-state index contributed by atoms with van der Waals surface area (Å²) >= 11 is 0. The second kappa shape index (κ2) is 6.62. The first kappa shape index (κ1) is 17.7. The average Bonchev–Trinajstić information content (AvgIpc) is 3.02. The highest BCUT2D eigenvalue weighted by atomic mass is 16.2. The number of nitrogens with one attached hydrogen (secondary N) is 3. The normalized spacial score (nSPS) is 11.4. The van der Waals surface area contributed by atoms with Crippen LogP contribution in [0.1, 0.15) is 27.7 Å². The number of H-pyrrole nitrogens is 1. The van der Waals surface area contributed by atoms with Crippen molar-refractivity contribution in [3.05, 3.63) is 30.6 Å². The van der Waals surface area contributed by atoms with Crippen molar-refractivity contribution in [2.45, 2.75) is 33.2 Å². The summed E-state index contributed by atoms with van der Waals surface area (Å²) in [5, 5.41) is 6.55. The summed E-state index contributed by atoms with van der Waals surface area (Å²) in [6, 6.07) is 7.49. The van der Waals surface area contributed by atoms with Crippen molar-refractivity contribution in [2.75, 3.05) is 22.6 Å². The number of aromatic amines is 1. The average molecular weight is 353 g/mol. The van der Waals surface area contributed by atoms with Gasteiger partial charge >= 0.3 is 0 Å². The Labute approximate surface area is 152 Å². The van der Waals surface area contributed by atoms with Crippen LogP contribution in [-0.2, 0) is 4.79 Å². The molecule has 1 aromatic carbocycles. The predicted octanol–water partition coefficient (Wildman–Crippen LogP) is 3.29. The van der Waals surface area contributed by atoms with Gasteiger partial charge in [-0.15, -0.1) is 0 Å². The second-order valence-electron chi connectivity index (χ2n) is 7.12. The van der Waals surface area contributed by atoms with E-state index in [-0.39, 0.29) is 11.4 Å². The zero-order chi connectivity index (χ0) is 18.9. The zero-order valence-electron chi connectivity index (χ0n) is 15.6. The molecule has 8 nitrogen and oxygen atoms in total. The molecule has 0 bridgehead atoms. The van der Waals surface area contributed by atoms with Gasteiger partial charge in [0.2, 0.25) is 11.9 Å². The van der Waals surface area contributed by atoms with Crippen molar-refractivity contribution in [3.8, 4) is 0 Å². The molecule has 0 spiro atoms. The number of carbonyl (C=O) groups excluding carboxylic acids is 1. The molecule has 2 heterocycles. The van der Waals surface area contributed by atoms with Gasteiger partial charge in [0, 0.05) is 30.9 Å². The molecular weight excluding hydrogens is 330 g/mol. The lowest BCUT2D eigenvalue weighted by Crippen LogP contribution is -2.27. The summed E-state index contributed by atoms with van der Waals surface area (Å²) < 4.78 is 0. The van der Waals surface area contributed by atoms with Gasteiger partial charge in [-0.25, -0.2) is 4.98 Å². The number of imidazole rings is 1. The Morgan fingerprint density at radius 3 is 2.46 bits per heavy atom. The maximum Gasteiger partial charge on any atom is 0.231 e. The van der Waals surface area contributed by atoms with Gasteiger partial charge < -0.3 is 20.5 Å². The van der Waals surface area contributed by atoms with Gasteiger partial charge in [-0.1, -0.05) is 0 Å². The van der Waals surface area contributed by atoms with Crippen LogP contribution in [0.25, 0.3) is 11.2 Å². The quantitative estimate of drug-likeness (QED) is 0.666. The largest absolute Gasteiger partial charge is 0.364 e. The lowest BCUT2D eigenvalue weighted by atomic mass is 10.1. The first-order valence-corrected chi connectivity index (χ1v) is 8.33. The minimum absolute atomic E-state index is 0.0177. The van der Waals surface area contributed by atoms with Crippen LogP contribution in [0.2, 0.25) is 0 Å². The number of hydrogen-bond donors (Lipinski definition) is 3. The number of fused-ring (bicyclic) bond motifs is 1. The van der Waals surface area contributed by atoms with Gasteiger partial charge in [0.15, 0.2) is 11.5 Å². The third kappa shape index (κ3) is 3.90. The Morgan fingerprint density at radius 1 is 1.15 bits per heavy atom. The maximum atomic E-state index is 11.4. The number of aromatic nitrogens is 4. The molecule has 3 N–H and O–H groups in total. The van der Waals surface area contributed by atoms with E-state index >= 15 is 0 Å². The zero-order valence-corrected chi connectivity index (χ0v) is 15.6. The number of nitrogens with zero attached hydrogens (tertiary/aromatic N) is 4. The first-order valence-electron chi connectivity index (χ1n) is 8.33. The van der Waals surface area contributed by atoms with Crippen molar-refractivity contribution in [1.29, 1.82) is 0 Å². The molecule has 1 amide bonds. The summed E-state index contributed by atoms with van der Waals surface area (Å²) in [5.41, 5.74) is 2.85. The first-order chi connectivity index (χ1) is 12.2. The molecule has 0 fully saturated rings. The van der Waals surface area contributed by atoms with Crippen molar-refractivity contribution in [3.63, 3.8) is 0 Å². The molecule has 3 aromatic rings. The molecule has 0 saturated heterocycles. The standard InChI is InChI=1S/C18H23N7O/c1-11(26)25(5)13-8-6-12(7-9-13)21-17-22-15-14(19-10-20-15)16(23-17)24-18(2,3)4/h6-10H,1-5H3,(H3,19,20,21,22,23,24). The van der Waals surface area contributed by atoms with Crippen LogP contribution in [0.3, 0.4) is 0 Å². The van der Waals surface area contributed by atoms with Crippen LogP contribution >= 0.6 is 0 Å². The minimum atomic E-state index is -0.150. The van der Waals surface area contributed by atoms with Gasteiger partial charge in [0.05, 0.1) is 6.33 Å². The number of benzene rings is 1. The van der Waals surface area contributed by atoms with Crippen LogP contribution in [0.4, 0.5) is 23.1 Å². The van der Waals surface area contributed by atoms with Gasteiger partial charge in [0.1, 0.15) is 5.52 Å². The smallest absolute Gasteiger partial charge is 0.231 e. The third-order valence-corrected chi connectivity index (χ3v) is 3.76. The highest BCUT2D eigenvalue weighted by Gasteiger charge is 2.16. The van der Waals surface area contributed by atoms with E-state index in [1.807, 2.05) is 24.3 Å².